The predicted octanol–water partition coefficient (Wildman–Crippen LogP) is 0.707. The molecule has 0 saturated heterocycles. The second kappa shape index (κ2) is 2.90. The summed E-state index contributed by atoms with van der Waals surface area (Å²) in [4.78, 5) is 11.4. The van der Waals surface area contributed by atoms with Gasteiger partial charge in [0.1, 0.15) is 6.10 Å². The molecule has 0 spiro atoms. The maximum atomic E-state index is 10.9. The van der Waals surface area contributed by atoms with Gasteiger partial charge in [0.2, 0.25) is 5.78 Å². The van der Waals surface area contributed by atoms with Crippen molar-refractivity contribution in [2.24, 2.45) is 0 Å². The molecule has 54 valence electrons. The van der Waals surface area contributed by atoms with Gasteiger partial charge in [0, 0.05) is 6.20 Å². The lowest BCUT2D eigenvalue weighted by Gasteiger charge is -1.96. The van der Waals surface area contributed by atoms with Crippen LogP contribution in [0, 0.1) is 0 Å². The lowest BCUT2D eigenvalue weighted by molar-refractivity contribution is 0.0784. The van der Waals surface area contributed by atoms with Crippen LogP contribution in [0.25, 0.3) is 0 Å². The first-order chi connectivity index (χ1) is 4.72. The molecule has 0 aliphatic heterocycles. The minimum atomic E-state index is -0.916. The molecule has 0 bridgehead atoms. The first-order valence-corrected chi connectivity index (χ1v) is 3.62. The first kappa shape index (κ1) is 7.37. The molecule has 1 heterocycles. The van der Waals surface area contributed by atoms with Crippen LogP contribution in [-0.2, 0) is 0 Å². The molecule has 1 unspecified atom stereocenters. The smallest absolute Gasteiger partial charge is 0.202 e. The molecular formula is C6H7NO2S. The molecule has 3 nitrogen and oxygen atoms in total. The Kier molecular flexibility index (Phi) is 2.13. The highest BCUT2D eigenvalue weighted by atomic mass is 32.1. The van der Waals surface area contributed by atoms with Crippen molar-refractivity contribution >= 4 is 17.3 Å². The molecule has 0 aliphatic rings. The molecule has 4 heteroatoms. The van der Waals surface area contributed by atoms with Crippen LogP contribution in [0.3, 0.4) is 0 Å². The molecule has 0 saturated carbocycles. The highest BCUT2D eigenvalue weighted by Gasteiger charge is 2.12. The number of Topliss-reactive ketones (excluding diaryl/α,β-unsaturated/α-hetero) is 1. The molecule has 0 aliphatic carbocycles. The van der Waals surface area contributed by atoms with E-state index in [0.717, 1.165) is 11.5 Å². The minimum Gasteiger partial charge on any atom is -0.385 e. The molecule has 1 atom stereocenters. The lowest BCUT2D eigenvalue weighted by Crippen LogP contribution is -2.14. The molecule has 0 fully saturated rings. The number of aliphatic hydroxyl groups excluding tert-OH is 1. The second-order valence-electron chi connectivity index (χ2n) is 1.92. The van der Waals surface area contributed by atoms with Gasteiger partial charge in [-0.2, -0.15) is 0 Å². The van der Waals surface area contributed by atoms with Gasteiger partial charge in [0.25, 0.3) is 0 Å². The standard InChI is InChI=1S/C6H7NO2S/c1-4(8)6(9)5-2-3-7-10-5/h2-4,8H,1H3. The average molecular weight is 157 g/mol. The van der Waals surface area contributed by atoms with Crippen LogP contribution in [0.4, 0.5) is 0 Å². The Hall–Kier alpha value is -0.740. The van der Waals surface area contributed by atoms with Crippen molar-refractivity contribution in [2.45, 2.75) is 13.0 Å². The van der Waals surface area contributed by atoms with Gasteiger partial charge in [-0.05, 0) is 24.5 Å². The Labute approximate surface area is 62.5 Å². The number of aromatic nitrogens is 1. The van der Waals surface area contributed by atoms with Gasteiger partial charge in [-0.3, -0.25) is 4.79 Å². The van der Waals surface area contributed by atoms with Crippen LogP contribution in [0.1, 0.15) is 16.6 Å². The summed E-state index contributed by atoms with van der Waals surface area (Å²) in [6, 6.07) is 1.60. The lowest BCUT2D eigenvalue weighted by atomic mass is 10.2. The Morgan fingerprint density at radius 2 is 2.60 bits per heavy atom. The summed E-state index contributed by atoms with van der Waals surface area (Å²) in [6.07, 6.45) is 0.626. The zero-order valence-electron chi connectivity index (χ0n) is 5.44. The fraction of sp³-hybridized carbons (Fsp3) is 0.333. The van der Waals surface area contributed by atoms with Gasteiger partial charge < -0.3 is 5.11 Å². The van der Waals surface area contributed by atoms with Crippen molar-refractivity contribution in [3.63, 3.8) is 0 Å². The highest BCUT2D eigenvalue weighted by molar-refractivity contribution is 7.08. The second-order valence-corrected chi connectivity index (χ2v) is 2.75. The van der Waals surface area contributed by atoms with E-state index in [2.05, 4.69) is 4.37 Å². The SMILES string of the molecule is CC(O)C(=O)c1ccns1. The first-order valence-electron chi connectivity index (χ1n) is 2.85. The fourth-order valence-corrected chi connectivity index (χ4v) is 1.17. The Bertz CT molecular complexity index is 218. The van der Waals surface area contributed by atoms with E-state index in [-0.39, 0.29) is 5.78 Å². The largest absolute Gasteiger partial charge is 0.385 e. The molecule has 0 aromatic carbocycles. The van der Waals surface area contributed by atoms with Gasteiger partial charge in [0.15, 0.2) is 0 Å². The maximum Gasteiger partial charge on any atom is 0.202 e. The fourth-order valence-electron chi connectivity index (χ4n) is 0.549. The third kappa shape index (κ3) is 1.40. The van der Waals surface area contributed by atoms with Crippen LogP contribution >= 0.6 is 11.5 Å². The van der Waals surface area contributed by atoms with E-state index in [4.69, 9.17) is 5.11 Å². The topological polar surface area (TPSA) is 50.2 Å². The summed E-state index contributed by atoms with van der Waals surface area (Å²) in [5, 5.41) is 8.82. The summed E-state index contributed by atoms with van der Waals surface area (Å²) in [5.74, 6) is -0.262. The number of nitrogens with zero attached hydrogens (tertiary/aromatic N) is 1. The molecule has 1 aromatic heterocycles. The van der Waals surface area contributed by atoms with E-state index >= 15 is 0 Å². The third-order valence-electron chi connectivity index (χ3n) is 1.06. The third-order valence-corrected chi connectivity index (χ3v) is 1.82. The van der Waals surface area contributed by atoms with Crippen molar-refractivity contribution in [1.29, 1.82) is 0 Å². The van der Waals surface area contributed by atoms with E-state index in [0.29, 0.717) is 4.88 Å². The number of carbonyl (C=O) groups is 1. The summed E-state index contributed by atoms with van der Waals surface area (Å²) in [6.45, 7) is 1.45. The number of carbonyl (C=O) groups excluding carboxylic acids is 1. The van der Waals surface area contributed by atoms with E-state index in [9.17, 15) is 4.79 Å². The van der Waals surface area contributed by atoms with Gasteiger partial charge in [0.05, 0.1) is 4.88 Å². The molecule has 1 aromatic rings. The van der Waals surface area contributed by atoms with E-state index in [1.54, 1.807) is 12.3 Å². The Balaban J connectivity index is 2.78. The quantitative estimate of drug-likeness (QED) is 0.643. The summed E-state index contributed by atoms with van der Waals surface area (Å²) in [7, 11) is 0. The number of aliphatic hydroxyl groups is 1. The van der Waals surface area contributed by atoms with Crippen LogP contribution in [0.5, 0.6) is 0 Å². The molecule has 1 N–H and O–H groups in total. The van der Waals surface area contributed by atoms with Crippen molar-refractivity contribution in [3.05, 3.63) is 17.1 Å². The molecular weight excluding hydrogens is 150 g/mol. The van der Waals surface area contributed by atoms with Crippen molar-refractivity contribution in [3.8, 4) is 0 Å². The maximum absolute atomic E-state index is 10.9. The predicted molar refractivity (Wildman–Crippen MR) is 38.1 cm³/mol. The van der Waals surface area contributed by atoms with Crippen LogP contribution in [0.15, 0.2) is 12.3 Å². The summed E-state index contributed by atoms with van der Waals surface area (Å²) in [5.41, 5.74) is 0. The van der Waals surface area contributed by atoms with Crippen molar-refractivity contribution in [2.75, 3.05) is 0 Å². The van der Waals surface area contributed by atoms with Gasteiger partial charge >= 0.3 is 0 Å². The van der Waals surface area contributed by atoms with Crippen LogP contribution in [-0.4, -0.2) is 21.4 Å². The van der Waals surface area contributed by atoms with E-state index in [1.165, 1.54) is 6.92 Å². The van der Waals surface area contributed by atoms with Crippen molar-refractivity contribution in [1.82, 2.24) is 4.37 Å². The van der Waals surface area contributed by atoms with Gasteiger partial charge in [-0.25, -0.2) is 4.37 Å². The zero-order chi connectivity index (χ0) is 7.56. The zero-order valence-corrected chi connectivity index (χ0v) is 6.26. The normalized spacial score (nSPS) is 13.0. The van der Waals surface area contributed by atoms with E-state index in [1.807, 2.05) is 0 Å². The summed E-state index contributed by atoms with van der Waals surface area (Å²) >= 11 is 1.10. The number of rotatable bonds is 2. The number of ketones is 1. The Morgan fingerprint density at radius 3 is 3.00 bits per heavy atom. The molecule has 0 amide bonds. The number of hydrogen-bond acceptors (Lipinski definition) is 4. The van der Waals surface area contributed by atoms with Gasteiger partial charge in [-0.1, -0.05) is 0 Å². The molecule has 10 heavy (non-hydrogen) atoms. The molecule has 0 radical (unpaired) electrons. The van der Waals surface area contributed by atoms with Crippen molar-refractivity contribution < 1.29 is 9.90 Å². The average Bonchev–Trinajstić information content (AvgIpc) is 2.36. The number of hydrogen-bond donors (Lipinski definition) is 1. The van der Waals surface area contributed by atoms with Crippen LogP contribution in [0.2, 0.25) is 0 Å². The molecule has 1 rings (SSSR count). The monoisotopic (exact) mass is 157 g/mol. The van der Waals surface area contributed by atoms with Gasteiger partial charge in [-0.15, -0.1) is 0 Å². The van der Waals surface area contributed by atoms with E-state index < -0.39 is 6.10 Å². The minimum absolute atomic E-state index is 0.262. The Morgan fingerprint density at radius 1 is 1.90 bits per heavy atom. The summed E-state index contributed by atoms with van der Waals surface area (Å²) < 4.78 is 3.74. The highest BCUT2D eigenvalue weighted by Crippen LogP contribution is 2.07. The van der Waals surface area contributed by atoms with Crippen LogP contribution < -0.4 is 0 Å².